The highest BCUT2D eigenvalue weighted by atomic mass is 16.5. The number of carbonyl (C=O) groups is 3. The lowest BCUT2D eigenvalue weighted by Gasteiger charge is -2.28. The molecule has 1 aliphatic rings. The number of hydrogen-bond acceptors (Lipinski definition) is 6. The van der Waals surface area contributed by atoms with E-state index in [2.05, 4.69) is 10.6 Å². The van der Waals surface area contributed by atoms with Crippen molar-refractivity contribution in [1.29, 1.82) is 0 Å². The van der Waals surface area contributed by atoms with Crippen LogP contribution in [0.5, 0.6) is 0 Å². The molecule has 0 saturated heterocycles. The number of aldehydes is 1. The smallest absolute Gasteiger partial charge is 0.246 e. The van der Waals surface area contributed by atoms with E-state index in [-0.39, 0.29) is 31.1 Å². The van der Waals surface area contributed by atoms with Crippen LogP contribution in [0.2, 0.25) is 0 Å². The van der Waals surface area contributed by atoms with Crippen LogP contribution in [-0.2, 0) is 23.9 Å². The molecule has 0 aromatic heterocycles. The van der Waals surface area contributed by atoms with Crippen LogP contribution in [0.3, 0.4) is 0 Å². The molecule has 0 aromatic rings. The van der Waals surface area contributed by atoms with Crippen molar-refractivity contribution in [3.63, 3.8) is 0 Å². The first-order chi connectivity index (χ1) is 12.8. The number of amides is 1. The molecule has 0 unspecified atom stereocenters. The van der Waals surface area contributed by atoms with Crippen molar-refractivity contribution >= 4 is 18.0 Å². The third-order valence-corrected chi connectivity index (χ3v) is 4.40. The second kappa shape index (κ2) is 15.7. The lowest BCUT2D eigenvalue weighted by atomic mass is 9.80. The molecule has 0 aliphatic heterocycles. The Morgan fingerprint density at radius 1 is 1.07 bits per heavy atom. The van der Waals surface area contributed by atoms with E-state index in [1.165, 1.54) is 12.8 Å². The first kappa shape index (κ1) is 25.7. The number of ketones is 1. The molecule has 7 heteroatoms. The number of Topliss-reactive ketones (excluding diaryl/α,β-unsaturated/α-hetero) is 1. The molecule has 27 heavy (non-hydrogen) atoms. The standard InChI is InChI=1S/C11H21NO.C9H17NO4/c1-8(2)11(13)9-4-6-10(12-3)7-5-9;1-8(2)14-6-5-13-7-9(12)10-3-4-11/h8-10,12H,4-7H2,1-3H3;4,8H,3,5-7H2,1-2H3,(H,10,12). The van der Waals surface area contributed by atoms with Gasteiger partial charge in [0, 0.05) is 17.9 Å². The quantitative estimate of drug-likeness (QED) is 0.415. The fourth-order valence-corrected chi connectivity index (χ4v) is 2.85. The molecule has 1 amide bonds. The Hall–Kier alpha value is -1.31. The van der Waals surface area contributed by atoms with Crippen molar-refractivity contribution in [2.45, 2.75) is 65.5 Å². The van der Waals surface area contributed by atoms with E-state index in [9.17, 15) is 14.4 Å². The van der Waals surface area contributed by atoms with Crippen LogP contribution < -0.4 is 10.6 Å². The van der Waals surface area contributed by atoms with E-state index in [0.29, 0.717) is 37.2 Å². The first-order valence-electron chi connectivity index (χ1n) is 9.92. The van der Waals surface area contributed by atoms with Crippen molar-refractivity contribution in [2.75, 3.05) is 33.4 Å². The molecule has 1 rings (SSSR count). The van der Waals surface area contributed by atoms with Gasteiger partial charge in [0.2, 0.25) is 5.91 Å². The Kier molecular flexibility index (Phi) is 15.0. The zero-order chi connectivity index (χ0) is 20.7. The lowest BCUT2D eigenvalue weighted by molar-refractivity contribution is -0.127. The molecular weight excluding hydrogens is 348 g/mol. The number of ether oxygens (including phenoxy) is 2. The molecule has 0 bridgehead atoms. The number of hydrogen-bond donors (Lipinski definition) is 2. The fourth-order valence-electron chi connectivity index (χ4n) is 2.85. The van der Waals surface area contributed by atoms with Gasteiger partial charge in [-0.1, -0.05) is 13.8 Å². The van der Waals surface area contributed by atoms with Crippen LogP contribution in [0.25, 0.3) is 0 Å². The second-order valence-electron chi connectivity index (χ2n) is 7.34. The average molecular weight is 387 g/mol. The molecule has 158 valence electrons. The SMILES string of the molecule is CC(C)OCCOCC(=O)NCC=O.CNC1CCC(C(=O)C(C)C)CC1. The summed E-state index contributed by atoms with van der Waals surface area (Å²) in [6, 6.07) is 0.649. The van der Waals surface area contributed by atoms with Gasteiger partial charge in [0.05, 0.1) is 25.9 Å². The maximum Gasteiger partial charge on any atom is 0.246 e. The van der Waals surface area contributed by atoms with Crippen molar-refractivity contribution in [3.05, 3.63) is 0 Å². The van der Waals surface area contributed by atoms with E-state index in [4.69, 9.17) is 9.47 Å². The monoisotopic (exact) mass is 386 g/mol. The Balaban J connectivity index is 0.000000501. The summed E-state index contributed by atoms with van der Waals surface area (Å²) < 4.78 is 10.2. The molecule has 0 heterocycles. The van der Waals surface area contributed by atoms with Gasteiger partial charge in [-0.25, -0.2) is 0 Å². The van der Waals surface area contributed by atoms with E-state index in [0.717, 1.165) is 12.8 Å². The maximum atomic E-state index is 11.7. The third-order valence-electron chi connectivity index (χ3n) is 4.40. The van der Waals surface area contributed by atoms with Gasteiger partial charge in [0.1, 0.15) is 18.7 Å². The molecule has 1 fully saturated rings. The Morgan fingerprint density at radius 2 is 1.70 bits per heavy atom. The van der Waals surface area contributed by atoms with Gasteiger partial charge in [-0.3, -0.25) is 9.59 Å². The summed E-state index contributed by atoms with van der Waals surface area (Å²) in [5.41, 5.74) is 0. The van der Waals surface area contributed by atoms with Crippen LogP contribution in [0, 0.1) is 11.8 Å². The van der Waals surface area contributed by atoms with E-state index >= 15 is 0 Å². The minimum absolute atomic E-state index is 0.0324. The van der Waals surface area contributed by atoms with Gasteiger partial charge < -0.3 is 24.9 Å². The van der Waals surface area contributed by atoms with Gasteiger partial charge in [-0.15, -0.1) is 0 Å². The molecule has 0 radical (unpaired) electrons. The molecule has 0 aromatic carbocycles. The lowest BCUT2D eigenvalue weighted by Crippen LogP contribution is -2.33. The van der Waals surface area contributed by atoms with Gasteiger partial charge in [0.25, 0.3) is 0 Å². The highest BCUT2D eigenvalue weighted by molar-refractivity contribution is 5.82. The van der Waals surface area contributed by atoms with Crippen molar-refractivity contribution in [1.82, 2.24) is 10.6 Å². The summed E-state index contributed by atoms with van der Waals surface area (Å²) in [4.78, 5) is 32.4. The van der Waals surface area contributed by atoms with Gasteiger partial charge in [0.15, 0.2) is 0 Å². The molecule has 0 spiro atoms. The topological polar surface area (TPSA) is 93.7 Å². The number of carbonyl (C=O) groups excluding carboxylic acids is 3. The summed E-state index contributed by atoms with van der Waals surface area (Å²) in [5.74, 6) is 0.747. The third kappa shape index (κ3) is 13.5. The van der Waals surface area contributed by atoms with Gasteiger partial charge in [-0.05, 0) is 46.6 Å². The van der Waals surface area contributed by atoms with Crippen molar-refractivity contribution < 1.29 is 23.9 Å². The van der Waals surface area contributed by atoms with Crippen molar-refractivity contribution in [2.24, 2.45) is 11.8 Å². The minimum atomic E-state index is -0.290. The summed E-state index contributed by atoms with van der Waals surface area (Å²) in [5, 5.41) is 5.64. The summed E-state index contributed by atoms with van der Waals surface area (Å²) in [7, 11) is 2.01. The second-order valence-corrected chi connectivity index (χ2v) is 7.34. The van der Waals surface area contributed by atoms with Crippen LogP contribution >= 0.6 is 0 Å². The van der Waals surface area contributed by atoms with E-state index in [1.807, 2.05) is 34.7 Å². The summed E-state index contributed by atoms with van der Waals surface area (Å²) >= 11 is 0. The normalized spacial score (nSPS) is 19.4. The average Bonchev–Trinajstić information content (AvgIpc) is 2.65. The minimum Gasteiger partial charge on any atom is -0.376 e. The van der Waals surface area contributed by atoms with Crippen LogP contribution in [0.1, 0.15) is 53.4 Å². The van der Waals surface area contributed by atoms with Crippen LogP contribution in [-0.4, -0.2) is 63.5 Å². The zero-order valence-electron chi connectivity index (χ0n) is 17.6. The molecule has 1 aliphatic carbocycles. The van der Waals surface area contributed by atoms with E-state index < -0.39 is 0 Å². The summed E-state index contributed by atoms with van der Waals surface area (Å²) in [6.07, 6.45) is 5.30. The molecular formula is C20H38N2O5. The zero-order valence-corrected chi connectivity index (χ0v) is 17.6. The number of nitrogens with one attached hydrogen (secondary N) is 2. The van der Waals surface area contributed by atoms with Gasteiger partial charge in [-0.2, -0.15) is 0 Å². The highest BCUT2D eigenvalue weighted by Gasteiger charge is 2.26. The van der Waals surface area contributed by atoms with Crippen LogP contribution in [0.4, 0.5) is 0 Å². The predicted octanol–water partition coefficient (Wildman–Crippen LogP) is 1.73. The Labute approximate surface area is 163 Å². The fraction of sp³-hybridized carbons (Fsp3) is 0.850. The number of rotatable bonds is 11. The van der Waals surface area contributed by atoms with E-state index in [1.54, 1.807) is 0 Å². The molecule has 0 atom stereocenters. The van der Waals surface area contributed by atoms with Crippen molar-refractivity contribution in [3.8, 4) is 0 Å². The molecule has 2 N–H and O–H groups in total. The van der Waals surface area contributed by atoms with Crippen LogP contribution in [0.15, 0.2) is 0 Å². The Bertz CT molecular complexity index is 419. The molecule has 7 nitrogen and oxygen atoms in total. The molecule has 1 saturated carbocycles. The van der Waals surface area contributed by atoms with Gasteiger partial charge >= 0.3 is 0 Å². The predicted molar refractivity (Wildman–Crippen MR) is 106 cm³/mol. The largest absolute Gasteiger partial charge is 0.376 e. The first-order valence-corrected chi connectivity index (χ1v) is 9.92. The highest BCUT2D eigenvalue weighted by Crippen LogP contribution is 2.26. The summed E-state index contributed by atoms with van der Waals surface area (Å²) in [6.45, 7) is 8.72. The Morgan fingerprint density at radius 3 is 2.19 bits per heavy atom. The maximum absolute atomic E-state index is 11.7.